The summed E-state index contributed by atoms with van der Waals surface area (Å²) in [7, 11) is 3.16. The predicted octanol–water partition coefficient (Wildman–Crippen LogP) is 1.59. The molecule has 1 aromatic heterocycles. The summed E-state index contributed by atoms with van der Waals surface area (Å²) in [5.41, 5.74) is 0.678. The lowest BCUT2D eigenvalue weighted by Crippen LogP contribution is -2.10. The molecule has 0 aliphatic heterocycles. The molecular weight excluding hydrogens is 258 g/mol. The lowest BCUT2D eigenvalue weighted by Gasteiger charge is -2.15. The summed E-state index contributed by atoms with van der Waals surface area (Å²) in [6.07, 6.45) is 1.14. The van der Waals surface area contributed by atoms with Crippen LogP contribution >= 0.6 is 0 Å². The normalized spacial score (nSPS) is 12.2. The first-order valence-corrected chi connectivity index (χ1v) is 6.46. The van der Waals surface area contributed by atoms with Gasteiger partial charge in [0.05, 0.1) is 20.3 Å². The first-order chi connectivity index (χ1) is 9.69. The fourth-order valence-electron chi connectivity index (χ4n) is 2.09. The van der Waals surface area contributed by atoms with Gasteiger partial charge in [-0.1, -0.05) is 0 Å². The van der Waals surface area contributed by atoms with Crippen LogP contribution in [0.2, 0.25) is 0 Å². The van der Waals surface area contributed by atoms with Crippen molar-refractivity contribution in [3.8, 4) is 11.5 Å². The van der Waals surface area contributed by atoms with E-state index in [1.54, 1.807) is 37.1 Å². The second-order valence-electron chi connectivity index (χ2n) is 4.32. The van der Waals surface area contributed by atoms with Gasteiger partial charge in [0.2, 0.25) is 0 Å². The fraction of sp³-hybridized carbons (Fsp3) is 0.429. The Morgan fingerprint density at radius 1 is 1.30 bits per heavy atom. The van der Waals surface area contributed by atoms with E-state index in [0.29, 0.717) is 23.5 Å². The smallest absolute Gasteiger partial charge is 0.138 e. The van der Waals surface area contributed by atoms with Gasteiger partial charge in [0, 0.05) is 18.5 Å². The Hall–Kier alpha value is -2.08. The van der Waals surface area contributed by atoms with Gasteiger partial charge in [0.25, 0.3) is 0 Å². The van der Waals surface area contributed by atoms with Crippen molar-refractivity contribution in [2.75, 3.05) is 14.2 Å². The lowest BCUT2D eigenvalue weighted by molar-refractivity contribution is 0.169. The third kappa shape index (κ3) is 2.91. The molecule has 1 N–H and O–H groups in total. The Morgan fingerprint density at radius 2 is 2.10 bits per heavy atom. The van der Waals surface area contributed by atoms with Gasteiger partial charge < -0.3 is 14.6 Å². The van der Waals surface area contributed by atoms with Crippen LogP contribution in [-0.2, 0) is 13.0 Å². The number of aromatic nitrogens is 3. The van der Waals surface area contributed by atoms with Gasteiger partial charge >= 0.3 is 0 Å². The molecule has 108 valence electrons. The second-order valence-corrected chi connectivity index (χ2v) is 4.32. The molecule has 6 heteroatoms. The van der Waals surface area contributed by atoms with Gasteiger partial charge in [-0.05, 0) is 25.1 Å². The topological polar surface area (TPSA) is 69.4 Å². The largest absolute Gasteiger partial charge is 0.497 e. The highest BCUT2D eigenvalue weighted by Crippen LogP contribution is 2.30. The van der Waals surface area contributed by atoms with E-state index in [0.717, 1.165) is 12.4 Å². The van der Waals surface area contributed by atoms with Crippen LogP contribution in [0.3, 0.4) is 0 Å². The van der Waals surface area contributed by atoms with Crippen LogP contribution in [0.1, 0.15) is 24.4 Å². The first-order valence-electron chi connectivity index (χ1n) is 6.46. The Kier molecular flexibility index (Phi) is 4.57. The summed E-state index contributed by atoms with van der Waals surface area (Å²) in [6.45, 7) is 2.70. The Labute approximate surface area is 118 Å². The van der Waals surface area contributed by atoms with Crippen molar-refractivity contribution in [3.05, 3.63) is 35.9 Å². The van der Waals surface area contributed by atoms with Gasteiger partial charge in [-0.25, -0.2) is 4.98 Å². The molecule has 2 aromatic rings. The van der Waals surface area contributed by atoms with E-state index in [2.05, 4.69) is 10.1 Å². The summed E-state index contributed by atoms with van der Waals surface area (Å²) in [4.78, 5) is 4.17. The molecule has 0 saturated heterocycles. The van der Waals surface area contributed by atoms with Crippen LogP contribution in [0, 0.1) is 0 Å². The maximum atomic E-state index is 10.4. The number of ether oxygens (including phenoxy) is 2. The molecular formula is C14H19N3O3. The standard InChI is InChI=1S/C14H19N3O3/c1-4-17-14(15-9-16-17)8-12(18)11-7-10(19-2)5-6-13(11)20-3/h5-7,9,12,18H,4,8H2,1-3H3. The third-order valence-corrected chi connectivity index (χ3v) is 3.17. The number of methoxy groups -OCH3 is 2. The van der Waals surface area contributed by atoms with Crippen molar-refractivity contribution in [1.29, 1.82) is 0 Å². The summed E-state index contributed by atoms with van der Waals surface area (Å²) in [5, 5.41) is 14.5. The van der Waals surface area contributed by atoms with Crippen molar-refractivity contribution >= 4 is 0 Å². The number of rotatable bonds is 6. The van der Waals surface area contributed by atoms with Gasteiger partial charge in [0.15, 0.2) is 0 Å². The molecule has 0 saturated carbocycles. The first kappa shape index (κ1) is 14.3. The van der Waals surface area contributed by atoms with E-state index >= 15 is 0 Å². The molecule has 1 unspecified atom stereocenters. The quantitative estimate of drug-likeness (QED) is 0.868. The van der Waals surface area contributed by atoms with E-state index in [4.69, 9.17) is 9.47 Å². The van der Waals surface area contributed by atoms with E-state index in [9.17, 15) is 5.11 Å². The average Bonchev–Trinajstić information content (AvgIpc) is 2.93. The van der Waals surface area contributed by atoms with Crippen LogP contribution in [0.4, 0.5) is 0 Å². The van der Waals surface area contributed by atoms with Crippen molar-refractivity contribution < 1.29 is 14.6 Å². The number of benzene rings is 1. The molecule has 2 rings (SSSR count). The fourth-order valence-corrected chi connectivity index (χ4v) is 2.09. The highest BCUT2D eigenvalue weighted by molar-refractivity contribution is 5.41. The Bertz CT molecular complexity index is 569. The molecule has 0 bridgehead atoms. The number of nitrogens with zero attached hydrogens (tertiary/aromatic N) is 3. The van der Waals surface area contributed by atoms with Crippen molar-refractivity contribution in [3.63, 3.8) is 0 Å². The summed E-state index contributed by atoms with van der Waals surface area (Å²) < 4.78 is 12.2. The van der Waals surface area contributed by atoms with Crippen molar-refractivity contribution in [1.82, 2.24) is 14.8 Å². The van der Waals surface area contributed by atoms with Gasteiger partial charge in [0.1, 0.15) is 23.7 Å². The summed E-state index contributed by atoms with van der Waals surface area (Å²) >= 11 is 0. The molecule has 0 radical (unpaired) electrons. The Morgan fingerprint density at radius 3 is 2.75 bits per heavy atom. The molecule has 1 heterocycles. The molecule has 0 fully saturated rings. The number of hydrogen-bond acceptors (Lipinski definition) is 5. The van der Waals surface area contributed by atoms with E-state index in [1.165, 1.54) is 6.33 Å². The van der Waals surface area contributed by atoms with Gasteiger partial charge in [-0.15, -0.1) is 0 Å². The summed E-state index contributed by atoms with van der Waals surface area (Å²) in [6, 6.07) is 5.35. The zero-order valence-corrected chi connectivity index (χ0v) is 11.9. The van der Waals surface area contributed by atoms with Crippen LogP contribution in [0.5, 0.6) is 11.5 Å². The highest BCUT2D eigenvalue weighted by Gasteiger charge is 2.17. The van der Waals surface area contributed by atoms with Crippen molar-refractivity contribution in [2.45, 2.75) is 26.0 Å². The van der Waals surface area contributed by atoms with E-state index in [1.807, 2.05) is 6.92 Å². The Balaban J connectivity index is 2.26. The van der Waals surface area contributed by atoms with Crippen LogP contribution in [0.25, 0.3) is 0 Å². The van der Waals surface area contributed by atoms with Crippen LogP contribution < -0.4 is 9.47 Å². The molecule has 0 aliphatic rings. The maximum absolute atomic E-state index is 10.4. The molecule has 0 spiro atoms. The SMILES string of the molecule is CCn1ncnc1CC(O)c1cc(OC)ccc1OC. The maximum Gasteiger partial charge on any atom is 0.138 e. The molecule has 0 amide bonds. The molecule has 20 heavy (non-hydrogen) atoms. The zero-order valence-electron chi connectivity index (χ0n) is 11.9. The van der Waals surface area contributed by atoms with Gasteiger partial charge in [-0.3, -0.25) is 4.68 Å². The van der Waals surface area contributed by atoms with E-state index in [-0.39, 0.29) is 0 Å². The monoisotopic (exact) mass is 277 g/mol. The number of aliphatic hydroxyl groups is 1. The number of aryl methyl sites for hydroxylation is 1. The van der Waals surface area contributed by atoms with Gasteiger partial charge in [-0.2, -0.15) is 5.10 Å². The van der Waals surface area contributed by atoms with Crippen LogP contribution in [-0.4, -0.2) is 34.1 Å². The van der Waals surface area contributed by atoms with Crippen LogP contribution in [0.15, 0.2) is 24.5 Å². The molecule has 0 aliphatic carbocycles. The summed E-state index contributed by atoms with van der Waals surface area (Å²) in [5.74, 6) is 2.04. The lowest BCUT2D eigenvalue weighted by atomic mass is 10.0. The second kappa shape index (κ2) is 6.38. The van der Waals surface area contributed by atoms with Crippen molar-refractivity contribution in [2.24, 2.45) is 0 Å². The molecule has 1 atom stereocenters. The molecule has 1 aromatic carbocycles. The molecule has 6 nitrogen and oxygen atoms in total. The zero-order chi connectivity index (χ0) is 14.5. The minimum Gasteiger partial charge on any atom is -0.497 e. The highest BCUT2D eigenvalue weighted by atomic mass is 16.5. The number of hydrogen-bond donors (Lipinski definition) is 1. The average molecular weight is 277 g/mol. The third-order valence-electron chi connectivity index (χ3n) is 3.17. The minimum atomic E-state index is -0.727. The number of aliphatic hydroxyl groups excluding tert-OH is 1. The predicted molar refractivity (Wildman–Crippen MR) is 73.9 cm³/mol. The van der Waals surface area contributed by atoms with E-state index < -0.39 is 6.10 Å². The minimum absolute atomic E-state index is 0.372.